The van der Waals surface area contributed by atoms with Gasteiger partial charge in [0.1, 0.15) is 11.7 Å². The van der Waals surface area contributed by atoms with Gasteiger partial charge in [-0.25, -0.2) is 9.97 Å². The van der Waals surface area contributed by atoms with E-state index in [9.17, 15) is 0 Å². The zero-order valence-corrected chi connectivity index (χ0v) is 8.76. The van der Waals surface area contributed by atoms with E-state index in [4.69, 9.17) is 10.5 Å². The van der Waals surface area contributed by atoms with Crippen molar-refractivity contribution in [2.75, 3.05) is 6.61 Å². The summed E-state index contributed by atoms with van der Waals surface area (Å²) in [6.45, 7) is 0.781. The first-order chi connectivity index (χ1) is 7.86. The Bertz CT molecular complexity index is 503. The molecule has 1 fully saturated rings. The van der Waals surface area contributed by atoms with E-state index < -0.39 is 0 Å². The Morgan fingerprint density at radius 2 is 2.25 bits per heavy atom. The smallest absolute Gasteiger partial charge is 0.161 e. The molecule has 2 aromatic heterocycles. The van der Waals surface area contributed by atoms with Gasteiger partial charge in [0.2, 0.25) is 0 Å². The van der Waals surface area contributed by atoms with E-state index in [-0.39, 0.29) is 12.0 Å². The molecule has 1 atom stereocenters. The maximum atomic E-state index is 7.62. The lowest BCUT2D eigenvalue weighted by atomic mass is 10.2. The highest BCUT2D eigenvalue weighted by Gasteiger charge is 2.18. The zero-order chi connectivity index (χ0) is 11.0. The minimum atomic E-state index is 0.00745. The Kier molecular flexibility index (Phi) is 2.21. The van der Waals surface area contributed by atoms with Crippen molar-refractivity contribution in [3.05, 3.63) is 18.4 Å². The standard InChI is InChI=1S/C10H12N5O/c11-9-8-10(13-5-12-9)15(6-14-8)7-3-1-2-4-16-7/h5-7H,1-4H2,(H-,11,12,13)/q-1. The van der Waals surface area contributed by atoms with Gasteiger partial charge in [-0.05, 0) is 25.1 Å². The van der Waals surface area contributed by atoms with E-state index in [1.165, 1.54) is 6.33 Å². The molecule has 1 aliphatic heterocycles. The van der Waals surface area contributed by atoms with Crippen LogP contribution < -0.4 is 0 Å². The molecule has 0 spiro atoms. The molecule has 2 aromatic rings. The van der Waals surface area contributed by atoms with Crippen molar-refractivity contribution >= 4 is 17.0 Å². The number of fused-ring (bicyclic) bond motifs is 1. The fourth-order valence-corrected chi connectivity index (χ4v) is 2.01. The molecule has 1 aliphatic rings. The summed E-state index contributed by atoms with van der Waals surface area (Å²) in [7, 11) is 0. The second kappa shape index (κ2) is 3.71. The monoisotopic (exact) mass is 218 g/mol. The third-order valence-electron chi connectivity index (χ3n) is 2.82. The van der Waals surface area contributed by atoms with Crippen LogP contribution in [0.4, 0.5) is 5.82 Å². The average Bonchev–Trinajstić information content (AvgIpc) is 2.75. The maximum Gasteiger partial charge on any atom is 0.161 e. The molecule has 0 bridgehead atoms. The van der Waals surface area contributed by atoms with Crippen LogP contribution >= 0.6 is 0 Å². The van der Waals surface area contributed by atoms with Crippen LogP contribution in [0.5, 0.6) is 0 Å². The molecular weight excluding hydrogens is 206 g/mol. The molecule has 84 valence electrons. The van der Waals surface area contributed by atoms with Crippen molar-refractivity contribution in [1.29, 1.82) is 0 Å². The second-order valence-electron chi connectivity index (χ2n) is 3.87. The van der Waals surface area contributed by atoms with Gasteiger partial charge in [-0.1, -0.05) is 0 Å². The molecule has 0 amide bonds. The molecule has 3 rings (SSSR count). The van der Waals surface area contributed by atoms with E-state index in [2.05, 4.69) is 15.0 Å². The van der Waals surface area contributed by atoms with Gasteiger partial charge in [0.15, 0.2) is 5.65 Å². The van der Waals surface area contributed by atoms with Gasteiger partial charge in [0.25, 0.3) is 0 Å². The third-order valence-corrected chi connectivity index (χ3v) is 2.82. The summed E-state index contributed by atoms with van der Waals surface area (Å²) in [5.74, 6) is 0.166. The Hall–Kier alpha value is -1.69. The van der Waals surface area contributed by atoms with Crippen LogP contribution in [-0.4, -0.2) is 26.1 Å². The van der Waals surface area contributed by atoms with Gasteiger partial charge in [-0.15, -0.1) is 0 Å². The van der Waals surface area contributed by atoms with Crippen LogP contribution in [0.2, 0.25) is 0 Å². The predicted octanol–water partition coefficient (Wildman–Crippen LogP) is 2.21. The van der Waals surface area contributed by atoms with Gasteiger partial charge < -0.3 is 15.5 Å². The lowest BCUT2D eigenvalue weighted by Crippen LogP contribution is -2.17. The molecular formula is C10H12N5O-. The predicted molar refractivity (Wildman–Crippen MR) is 58.1 cm³/mol. The first-order valence-electron chi connectivity index (χ1n) is 5.37. The van der Waals surface area contributed by atoms with Gasteiger partial charge in [-0.2, -0.15) is 0 Å². The van der Waals surface area contributed by atoms with Crippen LogP contribution in [0.25, 0.3) is 16.9 Å². The summed E-state index contributed by atoms with van der Waals surface area (Å²) in [4.78, 5) is 12.1. The van der Waals surface area contributed by atoms with Crippen molar-refractivity contribution in [2.24, 2.45) is 0 Å². The fourth-order valence-electron chi connectivity index (χ4n) is 2.01. The highest BCUT2D eigenvalue weighted by Crippen LogP contribution is 2.27. The minimum absolute atomic E-state index is 0.00745. The Labute approximate surface area is 92.5 Å². The molecule has 3 heterocycles. The van der Waals surface area contributed by atoms with Crippen LogP contribution in [0.3, 0.4) is 0 Å². The van der Waals surface area contributed by atoms with E-state index in [1.807, 2.05) is 4.57 Å². The Balaban J connectivity index is 2.06. The largest absolute Gasteiger partial charge is 0.480 e. The van der Waals surface area contributed by atoms with Gasteiger partial charge in [0, 0.05) is 12.9 Å². The highest BCUT2D eigenvalue weighted by molar-refractivity contribution is 5.82. The average molecular weight is 218 g/mol. The van der Waals surface area contributed by atoms with Gasteiger partial charge >= 0.3 is 0 Å². The molecule has 6 heteroatoms. The van der Waals surface area contributed by atoms with Crippen LogP contribution in [-0.2, 0) is 4.74 Å². The number of imidazole rings is 1. The molecule has 0 saturated carbocycles. The van der Waals surface area contributed by atoms with E-state index >= 15 is 0 Å². The highest BCUT2D eigenvalue weighted by atomic mass is 16.5. The summed E-state index contributed by atoms with van der Waals surface area (Å²) in [6, 6.07) is 0. The second-order valence-corrected chi connectivity index (χ2v) is 3.87. The number of nitrogens with one attached hydrogen (secondary N) is 1. The number of hydrogen-bond acceptors (Lipinski definition) is 4. The topological polar surface area (TPSA) is 76.6 Å². The zero-order valence-electron chi connectivity index (χ0n) is 8.76. The van der Waals surface area contributed by atoms with Crippen molar-refractivity contribution in [1.82, 2.24) is 19.5 Å². The number of hydrogen-bond donors (Lipinski definition) is 0. The quantitative estimate of drug-likeness (QED) is 0.735. The van der Waals surface area contributed by atoms with Crippen LogP contribution in [0.1, 0.15) is 25.5 Å². The lowest BCUT2D eigenvalue weighted by molar-refractivity contribution is -0.0298. The first-order valence-corrected chi connectivity index (χ1v) is 5.37. The van der Waals surface area contributed by atoms with Crippen molar-refractivity contribution in [3.63, 3.8) is 0 Å². The third kappa shape index (κ3) is 1.42. The molecule has 1 unspecified atom stereocenters. The Morgan fingerprint density at radius 3 is 3.06 bits per heavy atom. The molecule has 0 aliphatic carbocycles. The van der Waals surface area contributed by atoms with E-state index in [0.717, 1.165) is 25.9 Å². The number of rotatable bonds is 1. The number of nitrogens with zero attached hydrogens (tertiary/aromatic N) is 4. The fraction of sp³-hybridized carbons (Fsp3) is 0.500. The lowest BCUT2D eigenvalue weighted by Gasteiger charge is -2.23. The molecule has 1 N–H and O–H groups in total. The summed E-state index contributed by atoms with van der Waals surface area (Å²) in [6.07, 6.45) is 6.33. The molecule has 16 heavy (non-hydrogen) atoms. The summed E-state index contributed by atoms with van der Waals surface area (Å²) in [5.41, 5.74) is 8.85. The summed E-state index contributed by atoms with van der Waals surface area (Å²) >= 11 is 0. The number of ether oxygens (including phenoxy) is 1. The van der Waals surface area contributed by atoms with Crippen LogP contribution in [0.15, 0.2) is 12.7 Å². The normalized spacial score (nSPS) is 21.4. The van der Waals surface area contributed by atoms with Gasteiger partial charge in [-0.3, -0.25) is 4.57 Å². The van der Waals surface area contributed by atoms with Crippen molar-refractivity contribution in [2.45, 2.75) is 25.5 Å². The van der Waals surface area contributed by atoms with Crippen molar-refractivity contribution < 1.29 is 4.74 Å². The first kappa shape index (κ1) is 9.53. The molecule has 1 saturated heterocycles. The van der Waals surface area contributed by atoms with Gasteiger partial charge in [0.05, 0.1) is 6.33 Å². The minimum Gasteiger partial charge on any atom is -0.480 e. The van der Waals surface area contributed by atoms with E-state index in [1.54, 1.807) is 6.33 Å². The molecule has 6 nitrogen and oxygen atoms in total. The van der Waals surface area contributed by atoms with Crippen LogP contribution in [0, 0.1) is 0 Å². The maximum absolute atomic E-state index is 7.62. The SMILES string of the molecule is [NH-]c1ncnc2c1ncn2C1CCCCO1. The number of aromatic nitrogens is 4. The van der Waals surface area contributed by atoms with E-state index in [0.29, 0.717) is 11.2 Å². The Morgan fingerprint density at radius 1 is 1.31 bits per heavy atom. The summed E-state index contributed by atoms with van der Waals surface area (Å²) < 4.78 is 7.57. The molecule has 0 radical (unpaired) electrons. The summed E-state index contributed by atoms with van der Waals surface area (Å²) in [5, 5.41) is 0. The molecule has 0 aromatic carbocycles. The van der Waals surface area contributed by atoms with Crippen molar-refractivity contribution in [3.8, 4) is 0 Å².